The number of hydrogen-bond acceptors (Lipinski definition) is 9. The van der Waals surface area contributed by atoms with Gasteiger partial charge in [-0.1, -0.05) is 0 Å². The average Bonchev–Trinajstić information content (AvgIpc) is 2.75. The summed E-state index contributed by atoms with van der Waals surface area (Å²) >= 11 is 0. The van der Waals surface area contributed by atoms with Gasteiger partial charge in [-0.2, -0.15) is 0 Å². The van der Waals surface area contributed by atoms with Crippen LogP contribution in [0.5, 0.6) is 0 Å². The molecule has 0 aromatic heterocycles. The maximum absolute atomic E-state index is 10.1. The largest absolute Gasteiger partial charge is 0.431 e. The first-order valence-corrected chi connectivity index (χ1v) is 12.7. The van der Waals surface area contributed by atoms with Gasteiger partial charge in [0.2, 0.25) is 9.04 Å². The highest BCUT2D eigenvalue weighted by molar-refractivity contribution is 6.50. The minimum atomic E-state index is -1.29. The van der Waals surface area contributed by atoms with Gasteiger partial charge in [-0.05, 0) is 24.9 Å². The van der Waals surface area contributed by atoms with Gasteiger partial charge in [-0.25, -0.2) is 0 Å². The summed E-state index contributed by atoms with van der Waals surface area (Å²) in [5.74, 6) is 0. The molecule has 0 rings (SSSR count). The van der Waals surface area contributed by atoms with Crippen molar-refractivity contribution in [2.75, 3.05) is 107 Å². The molecule has 0 saturated carbocycles. The molecule has 0 fully saturated rings. The van der Waals surface area contributed by atoms with Crippen LogP contribution in [0.25, 0.3) is 0 Å². The highest BCUT2D eigenvalue weighted by atomic mass is 28.3. The summed E-state index contributed by atoms with van der Waals surface area (Å²) in [5.41, 5.74) is 0. The summed E-state index contributed by atoms with van der Waals surface area (Å²) in [4.78, 5) is 10.1. The van der Waals surface area contributed by atoms with Gasteiger partial charge in [-0.3, -0.25) is 0 Å². The summed E-state index contributed by atoms with van der Waals surface area (Å²) in [6, 6.07) is 1.68. The van der Waals surface area contributed by atoms with Gasteiger partial charge in [0.05, 0.1) is 79.3 Å². The molecule has 0 bridgehead atoms. The molecular formula is C20H43O9Si. The van der Waals surface area contributed by atoms with Crippen LogP contribution in [0.3, 0.4) is 0 Å². The highest BCUT2D eigenvalue weighted by Gasteiger charge is 2.07. The van der Waals surface area contributed by atoms with Gasteiger partial charge in [0.15, 0.2) is 0 Å². The molecule has 30 heavy (non-hydrogen) atoms. The van der Waals surface area contributed by atoms with Crippen molar-refractivity contribution >= 4 is 9.04 Å². The zero-order valence-electron chi connectivity index (χ0n) is 18.9. The molecule has 0 aliphatic carbocycles. The molecule has 0 aliphatic rings. The summed E-state index contributed by atoms with van der Waals surface area (Å²) in [5, 5.41) is 0. The first-order valence-electron chi connectivity index (χ1n) is 10.8. The fourth-order valence-electron chi connectivity index (χ4n) is 2.25. The molecule has 0 amide bonds. The van der Waals surface area contributed by atoms with Crippen molar-refractivity contribution in [3.05, 3.63) is 0 Å². The zero-order valence-corrected chi connectivity index (χ0v) is 19.9. The molecule has 10 heteroatoms. The van der Waals surface area contributed by atoms with Crippen molar-refractivity contribution in [1.29, 1.82) is 0 Å². The molecular weight excluding hydrogens is 412 g/mol. The van der Waals surface area contributed by atoms with Crippen molar-refractivity contribution in [1.82, 2.24) is 0 Å². The number of hydrogen-bond donors (Lipinski definition) is 1. The van der Waals surface area contributed by atoms with Crippen LogP contribution in [0.2, 0.25) is 12.1 Å². The van der Waals surface area contributed by atoms with Crippen LogP contribution in [0.1, 0.15) is 12.8 Å². The first kappa shape index (κ1) is 29.9. The van der Waals surface area contributed by atoms with Gasteiger partial charge in [0.1, 0.15) is 0 Å². The maximum atomic E-state index is 10.1. The molecule has 0 atom stereocenters. The predicted octanol–water partition coefficient (Wildman–Crippen LogP) is 1.14. The molecule has 0 saturated heterocycles. The Kier molecular flexibility index (Phi) is 26.8. The van der Waals surface area contributed by atoms with Gasteiger partial charge in [0, 0.05) is 27.4 Å². The number of ether oxygens (including phenoxy) is 8. The Morgan fingerprint density at radius 1 is 0.433 bits per heavy atom. The lowest BCUT2D eigenvalue weighted by Crippen LogP contribution is -2.15. The van der Waals surface area contributed by atoms with Crippen molar-refractivity contribution in [3.63, 3.8) is 0 Å². The van der Waals surface area contributed by atoms with E-state index in [0.717, 1.165) is 24.9 Å². The Labute approximate surface area is 183 Å². The summed E-state index contributed by atoms with van der Waals surface area (Å²) in [6.45, 7) is 8.24. The van der Waals surface area contributed by atoms with Crippen LogP contribution in [-0.2, 0) is 37.9 Å². The molecule has 0 unspecified atom stereocenters. The van der Waals surface area contributed by atoms with Gasteiger partial charge < -0.3 is 42.7 Å². The van der Waals surface area contributed by atoms with Crippen LogP contribution >= 0.6 is 0 Å². The molecule has 0 spiro atoms. The molecule has 9 nitrogen and oxygen atoms in total. The minimum Gasteiger partial charge on any atom is -0.431 e. The third kappa shape index (κ3) is 25.9. The van der Waals surface area contributed by atoms with Crippen LogP contribution < -0.4 is 0 Å². The Morgan fingerprint density at radius 3 is 1.00 bits per heavy atom. The maximum Gasteiger partial charge on any atom is 0.207 e. The summed E-state index contributed by atoms with van der Waals surface area (Å²) in [6.07, 6.45) is 1.76. The summed E-state index contributed by atoms with van der Waals surface area (Å²) < 4.78 is 42.2. The second-order valence-electron chi connectivity index (χ2n) is 6.43. The van der Waals surface area contributed by atoms with E-state index in [1.54, 1.807) is 14.2 Å². The molecule has 181 valence electrons. The van der Waals surface area contributed by atoms with E-state index >= 15 is 0 Å². The molecule has 0 aromatic rings. The van der Waals surface area contributed by atoms with E-state index in [1.807, 2.05) is 0 Å². The molecule has 1 N–H and O–H groups in total. The first-order chi connectivity index (χ1) is 14.8. The van der Waals surface area contributed by atoms with Gasteiger partial charge in [-0.15, -0.1) is 0 Å². The minimum absolute atomic E-state index is 0.562. The second kappa shape index (κ2) is 26.9. The van der Waals surface area contributed by atoms with E-state index < -0.39 is 9.04 Å². The van der Waals surface area contributed by atoms with Crippen LogP contribution in [0.15, 0.2) is 0 Å². The lowest BCUT2D eigenvalue weighted by molar-refractivity contribution is 0.00354. The van der Waals surface area contributed by atoms with Crippen molar-refractivity contribution in [2.45, 2.75) is 24.9 Å². The average molecular weight is 456 g/mol. The Bertz CT molecular complexity index is 286. The fraction of sp³-hybridized carbons (Fsp3) is 1.00. The van der Waals surface area contributed by atoms with Crippen LogP contribution in [0, 0.1) is 0 Å². The Morgan fingerprint density at radius 2 is 0.700 bits per heavy atom. The number of rotatable bonds is 26. The smallest absolute Gasteiger partial charge is 0.207 e. The predicted molar refractivity (Wildman–Crippen MR) is 115 cm³/mol. The lowest BCUT2D eigenvalue weighted by Gasteiger charge is -2.09. The second-order valence-corrected chi connectivity index (χ2v) is 8.57. The summed E-state index contributed by atoms with van der Waals surface area (Å²) in [7, 11) is 2.01. The number of methoxy groups -OCH3 is 2. The third-order valence-corrected chi connectivity index (χ3v) is 5.72. The lowest BCUT2D eigenvalue weighted by atomic mass is 10.5. The van der Waals surface area contributed by atoms with Crippen LogP contribution in [0.4, 0.5) is 0 Å². The van der Waals surface area contributed by atoms with Crippen LogP contribution in [-0.4, -0.2) is 121 Å². The van der Waals surface area contributed by atoms with E-state index in [-0.39, 0.29) is 0 Å². The normalized spacial score (nSPS) is 11.6. The standard InChI is InChI=1S/C20H43O9Si/c1-22-7-9-26-15-17-28-13-11-24-5-3-19-30(21)20-4-6-25-12-14-29-18-16-27-10-8-23-2/h21H,3-20H2,1-2H3. The van der Waals surface area contributed by atoms with E-state index in [2.05, 4.69) is 0 Å². The Hall–Kier alpha value is -0.143. The topological polar surface area (TPSA) is 94.1 Å². The van der Waals surface area contributed by atoms with E-state index in [0.29, 0.717) is 92.5 Å². The quantitative estimate of drug-likeness (QED) is 0.152. The molecule has 0 aromatic carbocycles. The van der Waals surface area contributed by atoms with E-state index in [1.165, 1.54) is 0 Å². The van der Waals surface area contributed by atoms with Gasteiger partial charge in [0.25, 0.3) is 0 Å². The zero-order chi connectivity index (χ0) is 22.0. The highest BCUT2D eigenvalue weighted by Crippen LogP contribution is 2.04. The molecule has 0 aliphatic heterocycles. The van der Waals surface area contributed by atoms with Gasteiger partial charge >= 0.3 is 0 Å². The van der Waals surface area contributed by atoms with E-state index in [4.69, 9.17) is 37.9 Å². The van der Waals surface area contributed by atoms with Crippen molar-refractivity contribution in [3.8, 4) is 0 Å². The van der Waals surface area contributed by atoms with Crippen molar-refractivity contribution in [2.24, 2.45) is 0 Å². The van der Waals surface area contributed by atoms with Crippen molar-refractivity contribution < 1.29 is 42.7 Å². The Balaban J connectivity index is 3.13. The SMILES string of the molecule is COCCOCCOCCOCCC[Si](O)CCCOCCOCCOCCOC. The molecule has 0 heterocycles. The van der Waals surface area contributed by atoms with E-state index in [9.17, 15) is 4.80 Å². The third-order valence-electron chi connectivity index (χ3n) is 3.86. The molecule has 1 radical (unpaired) electrons. The fourth-order valence-corrected chi connectivity index (χ4v) is 3.60. The monoisotopic (exact) mass is 455 g/mol.